The van der Waals surface area contributed by atoms with Crippen molar-refractivity contribution >= 4 is 23.2 Å². The van der Waals surface area contributed by atoms with E-state index in [4.69, 9.17) is 28.9 Å². The first-order chi connectivity index (χ1) is 9.05. The fourth-order valence-electron chi connectivity index (χ4n) is 2.33. The average molecular weight is 294 g/mol. The van der Waals surface area contributed by atoms with Crippen LogP contribution < -0.4 is 5.73 Å². The Morgan fingerprint density at radius 2 is 1.79 bits per heavy atom. The molecular formula is C16H17Cl2N. The third-order valence-electron chi connectivity index (χ3n) is 3.46. The summed E-state index contributed by atoms with van der Waals surface area (Å²) in [4.78, 5) is 0. The molecular weight excluding hydrogens is 277 g/mol. The Hall–Kier alpha value is -1.02. The van der Waals surface area contributed by atoms with Gasteiger partial charge in [-0.05, 0) is 35.7 Å². The first-order valence-electron chi connectivity index (χ1n) is 6.25. The number of rotatable bonds is 4. The molecule has 1 atom stereocenters. The van der Waals surface area contributed by atoms with Gasteiger partial charge < -0.3 is 5.73 Å². The first-order valence-corrected chi connectivity index (χ1v) is 7.00. The molecule has 2 aromatic rings. The zero-order valence-corrected chi connectivity index (χ0v) is 12.4. The van der Waals surface area contributed by atoms with Crippen LogP contribution in [0.25, 0.3) is 0 Å². The van der Waals surface area contributed by atoms with E-state index in [1.807, 2.05) is 42.5 Å². The molecule has 0 radical (unpaired) electrons. The number of hydrogen-bond donors (Lipinski definition) is 1. The van der Waals surface area contributed by atoms with Gasteiger partial charge in [-0.2, -0.15) is 0 Å². The number of benzene rings is 2. The molecule has 0 saturated carbocycles. The highest BCUT2D eigenvalue weighted by Crippen LogP contribution is 2.32. The summed E-state index contributed by atoms with van der Waals surface area (Å²) < 4.78 is 0. The number of hydrogen-bond acceptors (Lipinski definition) is 1. The second-order valence-electron chi connectivity index (χ2n) is 5.05. The van der Waals surface area contributed by atoms with Crippen molar-refractivity contribution in [2.24, 2.45) is 5.73 Å². The molecule has 0 amide bonds. The SMILES string of the molecule is CC(CN)(Cc1cccc(Cl)c1)c1ccccc1Cl. The fourth-order valence-corrected chi connectivity index (χ4v) is 2.90. The fraction of sp³-hybridized carbons (Fsp3) is 0.250. The molecule has 2 aromatic carbocycles. The van der Waals surface area contributed by atoms with Crippen molar-refractivity contribution in [3.05, 3.63) is 69.7 Å². The highest BCUT2D eigenvalue weighted by Gasteiger charge is 2.27. The standard InChI is InChI=1S/C16H17Cl2N/c1-16(11-19,14-7-2-3-8-15(14)18)10-12-5-4-6-13(17)9-12/h2-9H,10-11,19H2,1H3. The van der Waals surface area contributed by atoms with Gasteiger partial charge >= 0.3 is 0 Å². The first kappa shape index (κ1) is 14.4. The van der Waals surface area contributed by atoms with Gasteiger partial charge in [0.1, 0.15) is 0 Å². The van der Waals surface area contributed by atoms with E-state index in [0.29, 0.717) is 6.54 Å². The summed E-state index contributed by atoms with van der Waals surface area (Å²) in [5.41, 5.74) is 8.06. The van der Waals surface area contributed by atoms with Crippen LogP contribution in [0.5, 0.6) is 0 Å². The molecule has 0 bridgehead atoms. The summed E-state index contributed by atoms with van der Waals surface area (Å²) in [5.74, 6) is 0. The monoisotopic (exact) mass is 293 g/mol. The molecule has 1 unspecified atom stereocenters. The Balaban J connectivity index is 2.36. The van der Waals surface area contributed by atoms with E-state index in [1.54, 1.807) is 0 Å². The van der Waals surface area contributed by atoms with Crippen molar-refractivity contribution in [2.45, 2.75) is 18.8 Å². The van der Waals surface area contributed by atoms with E-state index in [1.165, 1.54) is 5.56 Å². The molecule has 0 spiro atoms. The van der Waals surface area contributed by atoms with Crippen molar-refractivity contribution in [1.82, 2.24) is 0 Å². The predicted octanol–water partition coefficient (Wildman–Crippen LogP) is 4.45. The Labute approximate surface area is 124 Å². The zero-order chi connectivity index (χ0) is 13.9. The lowest BCUT2D eigenvalue weighted by molar-refractivity contribution is 0.481. The summed E-state index contributed by atoms with van der Waals surface area (Å²) in [6, 6.07) is 15.8. The van der Waals surface area contributed by atoms with Crippen LogP contribution >= 0.6 is 23.2 Å². The maximum Gasteiger partial charge on any atom is 0.0444 e. The summed E-state index contributed by atoms with van der Waals surface area (Å²) in [6.07, 6.45) is 0.813. The van der Waals surface area contributed by atoms with Crippen molar-refractivity contribution < 1.29 is 0 Å². The minimum Gasteiger partial charge on any atom is -0.330 e. The van der Waals surface area contributed by atoms with E-state index in [0.717, 1.165) is 22.0 Å². The molecule has 0 aromatic heterocycles. The quantitative estimate of drug-likeness (QED) is 0.885. The minimum atomic E-state index is -0.191. The van der Waals surface area contributed by atoms with E-state index in [-0.39, 0.29) is 5.41 Å². The Morgan fingerprint density at radius 3 is 2.42 bits per heavy atom. The molecule has 3 heteroatoms. The lowest BCUT2D eigenvalue weighted by atomic mass is 9.77. The van der Waals surface area contributed by atoms with Gasteiger partial charge in [-0.3, -0.25) is 0 Å². The lowest BCUT2D eigenvalue weighted by Gasteiger charge is -2.30. The van der Waals surface area contributed by atoms with Gasteiger partial charge in [-0.15, -0.1) is 0 Å². The largest absolute Gasteiger partial charge is 0.330 e. The van der Waals surface area contributed by atoms with Crippen LogP contribution in [-0.2, 0) is 11.8 Å². The van der Waals surface area contributed by atoms with Gasteiger partial charge in [0.2, 0.25) is 0 Å². The summed E-state index contributed by atoms with van der Waals surface area (Å²) in [7, 11) is 0. The maximum atomic E-state index is 6.30. The second-order valence-corrected chi connectivity index (χ2v) is 5.89. The van der Waals surface area contributed by atoms with Crippen LogP contribution in [0.4, 0.5) is 0 Å². The van der Waals surface area contributed by atoms with E-state index < -0.39 is 0 Å². The van der Waals surface area contributed by atoms with Crippen molar-refractivity contribution in [3.63, 3.8) is 0 Å². The van der Waals surface area contributed by atoms with Gasteiger partial charge in [0.05, 0.1) is 0 Å². The van der Waals surface area contributed by atoms with E-state index in [9.17, 15) is 0 Å². The van der Waals surface area contributed by atoms with Crippen LogP contribution in [0.15, 0.2) is 48.5 Å². The highest BCUT2D eigenvalue weighted by molar-refractivity contribution is 6.31. The van der Waals surface area contributed by atoms with Gasteiger partial charge in [0.25, 0.3) is 0 Å². The molecule has 19 heavy (non-hydrogen) atoms. The molecule has 2 N–H and O–H groups in total. The van der Waals surface area contributed by atoms with Gasteiger partial charge in [0, 0.05) is 22.0 Å². The van der Waals surface area contributed by atoms with Crippen molar-refractivity contribution in [3.8, 4) is 0 Å². The summed E-state index contributed by atoms with van der Waals surface area (Å²) in [5, 5.41) is 1.51. The predicted molar refractivity (Wildman–Crippen MR) is 83.0 cm³/mol. The van der Waals surface area contributed by atoms with Crippen LogP contribution in [0.3, 0.4) is 0 Å². The highest BCUT2D eigenvalue weighted by atomic mass is 35.5. The van der Waals surface area contributed by atoms with Gasteiger partial charge in [-0.25, -0.2) is 0 Å². The molecule has 0 aliphatic rings. The van der Waals surface area contributed by atoms with Crippen LogP contribution in [0.1, 0.15) is 18.1 Å². The smallest absolute Gasteiger partial charge is 0.0444 e. The molecule has 0 fully saturated rings. The van der Waals surface area contributed by atoms with Crippen LogP contribution in [0, 0.1) is 0 Å². The van der Waals surface area contributed by atoms with Crippen molar-refractivity contribution in [2.75, 3.05) is 6.54 Å². The Morgan fingerprint density at radius 1 is 1.05 bits per heavy atom. The number of halogens is 2. The molecule has 0 aliphatic heterocycles. The third-order valence-corrected chi connectivity index (χ3v) is 4.02. The molecule has 2 rings (SSSR count). The number of nitrogens with two attached hydrogens (primary N) is 1. The summed E-state index contributed by atoms with van der Waals surface area (Å²) in [6.45, 7) is 2.67. The molecule has 1 nitrogen and oxygen atoms in total. The van der Waals surface area contributed by atoms with E-state index >= 15 is 0 Å². The third kappa shape index (κ3) is 3.30. The normalized spacial score (nSPS) is 14.1. The van der Waals surface area contributed by atoms with E-state index in [2.05, 4.69) is 13.0 Å². The van der Waals surface area contributed by atoms with Gasteiger partial charge in [-0.1, -0.05) is 60.5 Å². The zero-order valence-electron chi connectivity index (χ0n) is 10.9. The van der Waals surface area contributed by atoms with Crippen LogP contribution in [0.2, 0.25) is 10.0 Å². The molecule has 0 heterocycles. The van der Waals surface area contributed by atoms with Gasteiger partial charge in [0.15, 0.2) is 0 Å². The molecule has 0 aliphatic carbocycles. The average Bonchev–Trinajstić information content (AvgIpc) is 2.39. The Kier molecular flexibility index (Phi) is 4.51. The molecule has 100 valence electrons. The van der Waals surface area contributed by atoms with Crippen molar-refractivity contribution in [1.29, 1.82) is 0 Å². The summed E-state index contributed by atoms with van der Waals surface area (Å²) >= 11 is 12.3. The van der Waals surface area contributed by atoms with Crippen LogP contribution in [-0.4, -0.2) is 6.54 Å². The topological polar surface area (TPSA) is 26.0 Å². The molecule has 0 saturated heterocycles. The lowest BCUT2D eigenvalue weighted by Crippen LogP contribution is -2.34. The maximum absolute atomic E-state index is 6.30. The minimum absolute atomic E-state index is 0.191. The Bertz CT molecular complexity index is 568. The second kappa shape index (κ2) is 5.96.